The zero-order chi connectivity index (χ0) is 16.0. The largest absolute Gasteiger partial charge is 0.345 e. The molecule has 5 heteroatoms. The molecular formula is C18H28ClFN2O. The zero-order valence-corrected chi connectivity index (χ0v) is 14.7. The first-order valence-corrected chi connectivity index (χ1v) is 8.23. The molecule has 0 radical (unpaired) electrons. The maximum atomic E-state index is 12.9. The Hall–Kier alpha value is -1.13. The molecule has 3 nitrogen and oxygen atoms in total. The highest BCUT2D eigenvalue weighted by Gasteiger charge is 2.33. The Morgan fingerprint density at radius 1 is 1.22 bits per heavy atom. The molecule has 0 aromatic heterocycles. The Bertz CT molecular complexity index is 486. The van der Waals surface area contributed by atoms with Gasteiger partial charge in [0.2, 0.25) is 5.91 Å². The zero-order valence-electron chi connectivity index (χ0n) is 13.9. The SMILES string of the molecule is CN(CCc1ccc(F)cc1)C(=O)CC1(CN)CCCCC1.Cl. The molecule has 0 bridgehead atoms. The molecule has 1 aliphatic carbocycles. The van der Waals surface area contributed by atoms with E-state index in [9.17, 15) is 9.18 Å². The molecule has 1 amide bonds. The molecule has 2 N–H and O–H groups in total. The maximum Gasteiger partial charge on any atom is 0.222 e. The number of benzene rings is 1. The number of amides is 1. The molecule has 1 fully saturated rings. The minimum Gasteiger partial charge on any atom is -0.345 e. The lowest BCUT2D eigenvalue weighted by atomic mass is 9.71. The summed E-state index contributed by atoms with van der Waals surface area (Å²) in [7, 11) is 1.85. The van der Waals surface area contributed by atoms with E-state index in [1.165, 1.54) is 31.4 Å². The van der Waals surface area contributed by atoms with Crippen LogP contribution in [0.5, 0.6) is 0 Å². The van der Waals surface area contributed by atoms with Crippen LogP contribution in [0.25, 0.3) is 0 Å². The van der Waals surface area contributed by atoms with E-state index in [1.807, 2.05) is 7.05 Å². The average Bonchev–Trinajstić information content (AvgIpc) is 2.55. The van der Waals surface area contributed by atoms with Crippen molar-refractivity contribution in [1.82, 2.24) is 4.90 Å². The van der Waals surface area contributed by atoms with Gasteiger partial charge in [0.15, 0.2) is 0 Å². The summed E-state index contributed by atoms with van der Waals surface area (Å²) in [6.45, 7) is 1.26. The summed E-state index contributed by atoms with van der Waals surface area (Å²) < 4.78 is 12.9. The van der Waals surface area contributed by atoms with E-state index in [0.717, 1.165) is 24.8 Å². The van der Waals surface area contributed by atoms with E-state index in [1.54, 1.807) is 17.0 Å². The van der Waals surface area contributed by atoms with Crippen molar-refractivity contribution < 1.29 is 9.18 Å². The first-order chi connectivity index (χ1) is 10.5. The molecule has 0 spiro atoms. The second-order valence-electron chi connectivity index (χ2n) is 6.63. The van der Waals surface area contributed by atoms with Crippen molar-refractivity contribution in [1.29, 1.82) is 0 Å². The number of hydrogen-bond donors (Lipinski definition) is 1. The molecule has 0 aliphatic heterocycles. The van der Waals surface area contributed by atoms with E-state index in [4.69, 9.17) is 5.73 Å². The maximum absolute atomic E-state index is 12.9. The molecule has 0 heterocycles. The molecule has 0 unspecified atom stereocenters. The fraction of sp³-hybridized carbons (Fsp3) is 0.611. The Kier molecular flexibility index (Phi) is 8.00. The van der Waals surface area contributed by atoms with Gasteiger partial charge in [0.05, 0.1) is 0 Å². The van der Waals surface area contributed by atoms with Crippen LogP contribution in [-0.4, -0.2) is 30.9 Å². The van der Waals surface area contributed by atoms with Crippen LogP contribution in [0.3, 0.4) is 0 Å². The Morgan fingerprint density at radius 2 is 1.83 bits per heavy atom. The molecule has 2 rings (SSSR count). The number of carbonyl (C=O) groups is 1. The van der Waals surface area contributed by atoms with Crippen molar-refractivity contribution in [2.45, 2.75) is 44.9 Å². The van der Waals surface area contributed by atoms with Gasteiger partial charge in [-0.2, -0.15) is 0 Å². The quantitative estimate of drug-likeness (QED) is 0.859. The summed E-state index contributed by atoms with van der Waals surface area (Å²) in [5, 5.41) is 0. The molecule has 0 atom stereocenters. The fourth-order valence-electron chi connectivity index (χ4n) is 3.28. The summed E-state index contributed by atoms with van der Waals surface area (Å²) in [6.07, 6.45) is 7.08. The lowest BCUT2D eigenvalue weighted by molar-refractivity contribution is -0.132. The average molecular weight is 343 g/mol. The molecule has 1 aromatic carbocycles. The van der Waals surface area contributed by atoms with Crippen molar-refractivity contribution in [3.05, 3.63) is 35.6 Å². The molecule has 1 aliphatic rings. The van der Waals surface area contributed by atoms with E-state index in [0.29, 0.717) is 19.5 Å². The van der Waals surface area contributed by atoms with Crippen LogP contribution < -0.4 is 5.73 Å². The minimum atomic E-state index is -0.227. The smallest absolute Gasteiger partial charge is 0.222 e. The van der Waals surface area contributed by atoms with Crippen molar-refractivity contribution in [2.75, 3.05) is 20.1 Å². The number of nitrogens with two attached hydrogens (primary N) is 1. The van der Waals surface area contributed by atoms with Crippen LogP contribution in [0.15, 0.2) is 24.3 Å². The standard InChI is InChI=1S/C18H27FN2O.ClH/c1-21(12-9-15-5-7-16(19)8-6-15)17(22)13-18(14-20)10-3-2-4-11-18;/h5-8H,2-4,9-14,20H2,1H3;1H. The number of hydrogen-bond acceptors (Lipinski definition) is 2. The van der Waals surface area contributed by atoms with Gasteiger partial charge in [0.1, 0.15) is 5.82 Å². The van der Waals surface area contributed by atoms with E-state index < -0.39 is 0 Å². The number of carbonyl (C=O) groups excluding carboxylic acids is 1. The van der Waals surface area contributed by atoms with Gasteiger partial charge in [-0.15, -0.1) is 12.4 Å². The number of rotatable bonds is 6. The first-order valence-electron chi connectivity index (χ1n) is 8.23. The molecule has 130 valence electrons. The van der Waals surface area contributed by atoms with Gasteiger partial charge >= 0.3 is 0 Å². The Morgan fingerprint density at radius 3 is 2.39 bits per heavy atom. The highest BCUT2D eigenvalue weighted by Crippen LogP contribution is 2.38. The third-order valence-corrected chi connectivity index (χ3v) is 4.95. The normalized spacial score (nSPS) is 16.5. The van der Waals surface area contributed by atoms with Crippen LogP contribution >= 0.6 is 12.4 Å². The summed E-state index contributed by atoms with van der Waals surface area (Å²) in [4.78, 5) is 14.2. The number of nitrogens with zero attached hydrogens (tertiary/aromatic N) is 1. The number of likely N-dealkylation sites (N-methyl/N-ethyl adjacent to an activating group) is 1. The van der Waals surface area contributed by atoms with Gasteiger partial charge < -0.3 is 10.6 Å². The van der Waals surface area contributed by atoms with Crippen LogP contribution in [0.4, 0.5) is 4.39 Å². The van der Waals surface area contributed by atoms with Crippen molar-refractivity contribution in [3.8, 4) is 0 Å². The highest BCUT2D eigenvalue weighted by molar-refractivity contribution is 5.85. The van der Waals surface area contributed by atoms with Crippen molar-refractivity contribution >= 4 is 18.3 Å². The second kappa shape index (κ2) is 9.24. The third kappa shape index (κ3) is 5.78. The van der Waals surface area contributed by atoms with Gasteiger partial charge in [-0.25, -0.2) is 4.39 Å². The van der Waals surface area contributed by atoms with E-state index in [-0.39, 0.29) is 29.5 Å². The monoisotopic (exact) mass is 342 g/mol. The molecule has 23 heavy (non-hydrogen) atoms. The first kappa shape index (κ1) is 19.9. The summed E-state index contributed by atoms with van der Waals surface area (Å²) >= 11 is 0. The second-order valence-corrected chi connectivity index (χ2v) is 6.63. The van der Waals surface area contributed by atoms with Gasteiger partial charge in [-0.05, 0) is 48.9 Å². The molecular weight excluding hydrogens is 315 g/mol. The topological polar surface area (TPSA) is 46.3 Å². The molecule has 1 aromatic rings. The Balaban J connectivity index is 0.00000264. The summed E-state index contributed by atoms with van der Waals surface area (Å²) in [6, 6.07) is 6.47. The number of halogens is 2. The van der Waals surface area contributed by atoms with Crippen molar-refractivity contribution in [3.63, 3.8) is 0 Å². The predicted molar refractivity (Wildman–Crippen MR) is 94.2 cm³/mol. The lowest BCUT2D eigenvalue weighted by Gasteiger charge is -2.36. The van der Waals surface area contributed by atoms with Gasteiger partial charge in [0.25, 0.3) is 0 Å². The molecule has 0 saturated heterocycles. The molecule has 1 saturated carbocycles. The van der Waals surface area contributed by atoms with Gasteiger partial charge in [-0.3, -0.25) is 4.79 Å². The van der Waals surface area contributed by atoms with Crippen LogP contribution in [0.1, 0.15) is 44.1 Å². The minimum absolute atomic E-state index is 0. The highest BCUT2D eigenvalue weighted by atomic mass is 35.5. The third-order valence-electron chi connectivity index (χ3n) is 4.95. The summed E-state index contributed by atoms with van der Waals surface area (Å²) in [5.74, 6) is -0.0511. The van der Waals surface area contributed by atoms with Gasteiger partial charge in [-0.1, -0.05) is 31.4 Å². The van der Waals surface area contributed by atoms with Crippen LogP contribution in [-0.2, 0) is 11.2 Å². The van der Waals surface area contributed by atoms with E-state index >= 15 is 0 Å². The fourth-order valence-corrected chi connectivity index (χ4v) is 3.28. The van der Waals surface area contributed by atoms with Gasteiger partial charge in [0, 0.05) is 20.0 Å². The van der Waals surface area contributed by atoms with Crippen LogP contribution in [0, 0.1) is 11.2 Å². The lowest BCUT2D eigenvalue weighted by Crippen LogP contribution is -2.39. The predicted octanol–water partition coefficient (Wildman–Crippen LogP) is 3.55. The Labute approximate surface area is 144 Å². The summed E-state index contributed by atoms with van der Waals surface area (Å²) in [5.41, 5.74) is 7.02. The van der Waals surface area contributed by atoms with E-state index in [2.05, 4.69) is 0 Å². The van der Waals surface area contributed by atoms with Crippen molar-refractivity contribution in [2.24, 2.45) is 11.1 Å². The van der Waals surface area contributed by atoms with Crippen LogP contribution in [0.2, 0.25) is 0 Å².